The first-order valence-electron chi connectivity index (χ1n) is 5.11. The lowest BCUT2D eigenvalue weighted by Gasteiger charge is -2.13. The molecule has 0 aliphatic heterocycles. The Labute approximate surface area is 95.7 Å². The van der Waals surface area contributed by atoms with Crippen LogP contribution in [0.3, 0.4) is 0 Å². The molecule has 1 aromatic rings. The molecule has 1 N–H and O–H groups in total. The van der Waals surface area contributed by atoms with Gasteiger partial charge in [-0.25, -0.2) is 0 Å². The molecule has 0 amide bonds. The summed E-state index contributed by atoms with van der Waals surface area (Å²) in [5.41, 5.74) is 0. The average Bonchev–Trinajstić information content (AvgIpc) is 2.72. The summed E-state index contributed by atoms with van der Waals surface area (Å²) >= 11 is 1.69. The molecule has 0 aliphatic rings. The van der Waals surface area contributed by atoms with Gasteiger partial charge in [0.05, 0.1) is 13.2 Å². The molecule has 2 nitrogen and oxygen atoms in total. The molecule has 1 atom stereocenters. The summed E-state index contributed by atoms with van der Waals surface area (Å²) in [5, 5.41) is 5.44. The number of hydrogen-bond acceptors (Lipinski definition) is 3. The minimum Gasteiger partial charge on any atom is -0.496 e. The minimum absolute atomic E-state index is 0.267. The van der Waals surface area contributed by atoms with E-state index in [1.165, 1.54) is 4.88 Å². The van der Waals surface area contributed by atoms with Gasteiger partial charge in [0.15, 0.2) is 0 Å². The van der Waals surface area contributed by atoms with Crippen molar-refractivity contribution in [2.45, 2.75) is 25.8 Å². The SMILES string of the molecule is C#CCC(NCCC)c1cc(OC)cs1. The highest BCUT2D eigenvalue weighted by molar-refractivity contribution is 7.10. The van der Waals surface area contributed by atoms with Gasteiger partial charge in [-0.1, -0.05) is 6.92 Å². The van der Waals surface area contributed by atoms with Crippen LogP contribution >= 0.6 is 11.3 Å². The van der Waals surface area contributed by atoms with Crippen LogP contribution in [-0.4, -0.2) is 13.7 Å². The van der Waals surface area contributed by atoms with E-state index in [1.807, 2.05) is 5.38 Å². The van der Waals surface area contributed by atoms with E-state index in [-0.39, 0.29) is 6.04 Å². The summed E-state index contributed by atoms with van der Waals surface area (Å²) in [5.74, 6) is 3.62. The van der Waals surface area contributed by atoms with Gasteiger partial charge in [0.1, 0.15) is 5.75 Å². The molecular formula is C12H17NOS. The van der Waals surface area contributed by atoms with E-state index in [0.29, 0.717) is 0 Å². The van der Waals surface area contributed by atoms with Crippen molar-refractivity contribution in [3.63, 3.8) is 0 Å². The Hall–Kier alpha value is -0.980. The number of nitrogens with one attached hydrogen (secondary N) is 1. The van der Waals surface area contributed by atoms with Crippen LogP contribution in [-0.2, 0) is 0 Å². The van der Waals surface area contributed by atoms with E-state index < -0.39 is 0 Å². The number of hydrogen-bond donors (Lipinski definition) is 1. The van der Waals surface area contributed by atoms with E-state index in [4.69, 9.17) is 11.2 Å². The second-order valence-corrected chi connectivity index (χ2v) is 4.25. The quantitative estimate of drug-likeness (QED) is 0.749. The van der Waals surface area contributed by atoms with Gasteiger partial charge in [-0.15, -0.1) is 23.7 Å². The number of terminal acetylenes is 1. The number of rotatable bonds is 6. The monoisotopic (exact) mass is 223 g/mol. The van der Waals surface area contributed by atoms with E-state index in [1.54, 1.807) is 18.4 Å². The third-order valence-corrected chi connectivity index (χ3v) is 3.16. The third-order valence-electron chi connectivity index (χ3n) is 2.14. The highest BCUT2D eigenvalue weighted by Crippen LogP contribution is 2.28. The van der Waals surface area contributed by atoms with Gasteiger partial charge in [-0.3, -0.25) is 0 Å². The predicted octanol–water partition coefficient (Wildman–Crippen LogP) is 2.82. The van der Waals surface area contributed by atoms with Crippen molar-refractivity contribution in [3.8, 4) is 18.1 Å². The maximum atomic E-state index is 5.36. The van der Waals surface area contributed by atoms with E-state index >= 15 is 0 Å². The van der Waals surface area contributed by atoms with Crippen molar-refractivity contribution < 1.29 is 4.74 Å². The number of thiophene rings is 1. The lowest BCUT2D eigenvalue weighted by molar-refractivity contribution is 0.415. The van der Waals surface area contributed by atoms with Gasteiger partial charge < -0.3 is 10.1 Å². The van der Waals surface area contributed by atoms with Crippen molar-refractivity contribution >= 4 is 11.3 Å². The molecule has 0 fully saturated rings. The smallest absolute Gasteiger partial charge is 0.129 e. The van der Waals surface area contributed by atoms with Crippen molar-refractivity contribution in [2.24, 2.45) is 0 Å². The van der Waals surface area contributed by atoms with E-state index in [2.05, 4.69) is 24.2 Å². The zero-order valence-corrected chi connectivity index (χ0v) is 10.1. The largest absolute Gasteiger partial charge is 0.496 e. The normalized spacial score (nSPS) is 12.1. The van der Waals surface area contributed by atoms with Gasteiger partial charge in [-0.2, -0.15) is 0 Å². The first kappa shape index (κ1) is 12.1. The molecule has 15 heavy (non-hydrogen) atoms. The molecule has 0 saturated heterocycles. The summed E-state index contributed by atoms with van der Waals surface area (Å²) in [7, 11) is 1.68. The molecule has 1 heterocycles. The van der Waals surface area contributed by atoms with Crippen LogP contribution < -0.4 is 10.1 Å². The van der Waals surface area contributed by atoms with Gasteiger partial charge in [0.25, 0.3) is 0 Å². The van der Waals surface area contributed by atoms with Crippen molar-refractivity contribution in [3.05, 3.63) is 16.3 Å². The minimum atomic E-state index is 0.267. The molecule has 1 unspecified atom stereocenters. The molecule has 0 spiro atoms. The van der Waals surface area contributed by atoms with Crippen LogP contribution in [0.2, 0.25) is 0 Å². The molecule has 1 aromatic heterocycles. The van der Waals surface area contributed by atoms with Gasteiger partial charge in [0, 0.05) is 16.7 Å². The zero-order valence-electron chi connectivity index (χ0n) is 9.25. The maximum absolute atomic E-state index is 5.36. The van der Waals surface area contributed by atoms with Crippen LogP contribution in [0.1, 0.15) is 30.7 Å². The Morgan fingerprint density at radius 3 is 3.00 bits per heavy atom. The highest BCUT2D eigenvalue weighted by Gasteiger charge is 2.11. The Kier molecular flexibility index (Phi) is 5.23. The third kappa shape index (κ3) is 3.58. The van der Waals surface area contributed by atoms with Crippen molar-refractivity contribution in [1.29, 1.82) is 0 Å². The Morgan fingerprint density at radius 2 is 2.47 bits per heavy atom. The molecule has 0 radical (unpaired) electrons. The lowest BCUT2D eigenvalue weighted by atomic mass is 10.1. The summed E-state index contributed by atoms with van der Waals surface area (Å²) < 4.78 is 5.16. The van der Waals surface area contributed by atoms with Gasteiger partial charge in [-0.05, 0) is 19.0 Å². The number of methoxy groups -OCH3 is 1. The van der Waals surface area contributed by atoms with Gasteiger partial charge >= 0.3 is 0 Å². The topological polar surface area (TPSA) is 21.3 Å². The molecule has 0 saturated carbocycles. The standard InChI is InChI=1S/C12H17NOS/c1-4-6-11(13-7-5-2)12-8-10(14-3)9-15-12/h1,8-9,11,13H,5-7H2,2-3H3. The Bertz CT molecular complexity index is 327. The summed E-state index contributed by atoms with van der Waals surface area (Å²) in [6, 6.07) is 2.32. The zero-order chi connectivity index (χ0) is 11.1. The predicted molar refractivity (Wildman–Crippen MR) is 65.4 cm³/mol. The summed E-state index contributed by atoms with van der Waals surface area (Å²) in [4.78, 5) is 1.25. The second-order valence-electron chi connectivity index (χ2n) is 3.30. The average molecular weight is 223 g/mol. The molecule has 0 aromatic carbocycles. The molecule has 0 bridgehead atoms. The molecule has 0 aliphatic carbocycles. The molecule has 82 valence electrons. The fourth-order valence-corrected chi connectivity index (χ4v) is 2.27. The van der Waals surface area contributed by atoms with Crippen LogP contribution in [0, 0.1) is 12.3 Å². The Morgan fingerprint density at radius 1 is 1.67 bits per heavy atom. The van der Waals surface area contributed by atoms with Crippen LogP contribution in [0.4, 0.5) is 0 Å². The Balaban J connectivity index is 2.66. The van der Waals surface area contributed by atoms with Crippen LogP contribution in [0.5, 0.6) is 5.75 Å². The molecular weight excluding hydrogens is 206 g/mol. The fourth-order valence-electron chi connectivity index (χ4n) is 1.33. The van der Waals surface area contributed by atoms with Crippen LogP contribution in [0.15, 0.2) is 11.4 Å². The summed E-state index contributed by atoms with van der Waals surface area (Å²) in [6.45, 7) is 3.14. The van der Waals surface area contributed by atoms with Gasteiger partial charge in [0.2, 0.25) is 0 Å². The highest BCUT2D eigenvalue weighted by atomic mass is 32.1. The molecule has 3 heteroatoms. The van der Waals surface area contributed by atoms with Crippen molar-refractivity contribution in [1.82, 2.24) is 5.32 Å². The number of ether oxygens (including phenoxy) is 1. The van der Waals surface area contributed by atoms with E-state index in [0.717, 1.165) is 25.1 Å². The second kappa shape index (κ2) is 6.49. The van der Waals surface area contributed by atoms with E-state index in [9.17, 15) is 0 Å². The first-order chi connectivity index (χ1) is 7.31. The first-order valence-corrected chi connectivity index (χ1v) is 5.99. The molecule has 1 rings (SSSR count). The lowest BCUT2D eigenvalue weighted by Crippen LogP contribution is -2.20. The summed E-state index contributed by atoms with van der Waals surface area (Å²) in [6.07, 6.45) is 7.20. The van der Waals surface area contributed by atoms with Crippen molar-refractivity contribution in [2.75, 3.05) is 13.7 Å². The van der Waals surface area contributed by atoms with Crippen LogP contribution in [0.25, 0.3) is 0 Å². The fraction of sp³-hybridized carbons (Fsp3) is 0.500. The maximum Gasteiger partial charge on any atom is 0.129 e.